The highest BCUT2D eigenvalue weighted by atomic mass is 32.1. The molecule has 20 heavy (non-hydrogen) atoms. The van der Waals surface area contributed by atoms with Gasteiger partial charge in [-0.3, -0.25) is 4.79 Å². The number of rotatable bonds is 3. The van der Waals surface area contributed by atoms with E-state index in [4.69, 9.17) is 4.74 Å². The molecule has 5 nitrogen and oxygen atoms in total. The van der Waals surface area contributed by atoms with Crippen LogP contribution in [0.25, 0.3) is 0 Å². The zero-order chi connectivity index (χ0) is 14.8. The summed E-state index contributed by atoms with van der Waals surface area (Å²) in [5.74, 6) is -1.75. The first-order valence-electron chi connectivity index (χ1n) is 6.24. The van der Waals surface area contributed by atoms with Gasteiger partial charge in [-0.1, -0.05) is 0 Å². The summed E-state index contributed by atoms with van der Waals surface area (Å²) in [5.41, 5.74) is 0. The summed E-state index contributed by atoms with van der Waals surface area (Å²) in [6.07, 6.45) is -3.14. The second-order valence-electron chi connectivity index (χ2n) is 4.44. The first-order valence-corrected chi connectivity index (χ1v) is 7.01. The summed E-state index contributed by atoms with van der Waals surface area (Å²) in [6, 6.07) is 0. The Kier molecular flexibility index (Phi) is 4.46. The molecule has 0 radical (unpaired) electrons. The number of hydrogen-bond acceptors (Lipinski definition) is 6. The van der Waals surface area contributed by atoms with Crippen LogP contribution in [0.15, 0.2) is 0 Å². The van der Waals surface area contributed by atoms with E-state index in [0.29, 0.717) is 44.1 Å². The smallest absolute Gasteiger partial charge is 0.452 e. The van der Waals surface area contributed by atoms with Crippen LogP contribution < -0.4 is 4.90 Å². The van der Waals surface area contributed by atoms with Gasteiger partial charge in [-0.15, -0.1) is 0 Å². The normalized spacial score (nSPS) is 20.0. The Labute approximate surface area is 117 Å². The Morgan fingerprint density at radius 2 is 2.30 bits per heavy atom. The molecular weight excluding hydrogens is 295 g/mol. The summed E-state index contributed by atoms with van der Waals surface area (Å²) in [7, 11) is 0. The number of piperidine rings is 1. The molecule has 1 unspecified atom stereocenters. The van der Waals surface area contributed by atoms with Gasteiger partial charge in [0.25, 0.3) is 0 Å². The van der Waals surface area contributed by atoms with E-state index in [1.54, 1.807) is 11.8 Å². The van der Waals surface area contributed by atoms with Crippen molar-refractivity contribution in [3.63, 3.8) is 0 Å². The average molecular weight is 309 g/mol. The summed E-state index contributed by atoms with van der Waals surface area (Å²) >= 11 is 0.703. The van der Waals surface area contributed by atoms with Crippen LogP contribution >= 0.6 is 11.5 Å². The van der Waals surface area contributed by atoms with Gasteiger partial charge in [-0.25, -0.2) is 0 Å². The van der Waals surface area contributed by atoms with Gasteiger partial charge in [-0.2, -0.15) is 22.5 Å². The van der Waals surface area contributed by atoms with Crippen LogP contribution in [0.2, 0.25) is 0 Å². The van der Waals surface area contributed by atoms with Crippen molar-refractivity contribution in [1.82, 2.24) is 9.36 Å². The van der Waals surface area contributed by atoms with Crippen molar-refractivity contribution in [3.05, 3.63) is 5.82 Å². The minimum absolute atomic E-state index is 0.200. The van der Waals surface area contributed by atoms with Gasteiger partial charge in [0.2, 0.25) is 11.0 Å². The van der Waals surface area contributed by atoms with E-state index in [1.807, 2.05) is 0 Å². The van der Waals surface area contributed by atoms with Crippen molar-refractivity contribution >= 4 is 22.6 Å². The molecule has 2 rings (SSSR count). The van der Waals surface area contributed by atoms with Crippen LogP contribution in [0.1, 0.15) is 25.6 Å². The van der Waals surface area contributed by atoms with Gasteiger partial charge in [0.15, 0.2) is 0 Å². The van der Waals surface area contributed by atoms with Crippen LogP contribution in [-0.2, 0) is 15.7 Å². The number of hydrogen-bond donors (Lipinski definition) is 0. The molecular formula is C11H14F3N3O2S. The minimum Gasteiger partial charge on any atom is -0.466 e. The number of alkyl halides is 3. The Hall–Kier alpha value is -1.38. The van der Waals surface area contributed by atoms with Gasteiger partial charge in [-0.05, 0) is 19.8 Å². The molecule has 0 N–H and O–H groups in total. The number of nitrogens with zero attached hydrogens (tertiary/aromatic N) is 3. The van der Waals surface area contributed by atoms with E-state index in [-0.39, 0.29) is 17.0 Å². The Morgan fingerprint density at radius 1 is 1.55 bits per heavy atom. The molecule has 1 saturated heterocycles. The molecule has 0 aromatic carbocycles. The first-order chi connectivity index (χ1) is 9.41. The molecule has 2 heterocycles. The topological polar surface area (TPSA) is 55.3 Å². The lowest BCUT2D eigenvalue weighted by atomic mass is 9.99. The van der Waals surface area contributed by atoms with Gasteiger partial charge in [0.1, 0.15) is 0 Å². The van der Waals surface area contributed by atoms with E-state index < -0.39 is 12.0 Å². The third-order valence-electron chi connectivity index (χ3n) is 2.98. The molecule has 1 fully saturated rings. The molecule has 9 heteroatoms. The SMILES string of the molecule is CCOC(=O)C1CCCN(c2nc(C(F)(F)F)ns2)C1. The lowest BCUT2D eigenvalue weighted by Gasteiger charge is -2.30. The number of esters is 1. The molecule has 0 aliphatic carbocycles. The van der Waals surface area contributed by atoms with E-state index in [2.05, 4.69) is 9.36 Å². The Bertz CT molecular complexity index is 478. The zero-order valence-electron chi connectivity index (χ0n) is 10.8. The third-order valence-corrected chi connectivity index (χ3v) is 3.76. The van der Waals surface area contributed by atoms with Crippen LogP contribution in [-0.4, -0.2) is 35.0 Å². The van der Waals surface area contributed by atoms with Crippen LogP contribution in [0.5, 0.6) is 0 Å². The lowest BCUT2D eigenvalue weighted by molar-refractivity contribution is -0.148. The maximum atomic E-state index is 12.5. The monoisotopic (exact) mass is 309 g/mol. The van der Waals surface area contributed by atoms with Gasteiger partial charge in [0, 0.05) is 24.6 Å². The zero-order valence-corrected chi connectivity index (χ0v) is 11.6. The number of halogens is 3. The second-order valence-corrected chi connectivity index (χ2v) is 5.17. The number of carbonyl (C=O) groups excluding carboxylic acids is 1. The maximum Gasteiger partial charge on any atom is 0.452 e. The predicted octanol–water partition coefficient (Wildman–Crippen LogP) is 2.34. The molecule has 0 amide bonds. The van der Waals surface area contributed by atoms with Crippen molar-refractivity contribution in [3.8, 4) is 0 Å². The first kappa shape index (κ1) is 15.0. The average Bonchev–Trinajstić information content (AvgIpc) is 2.89. The van der Waals surface area contributed by atoms with Gasteiger partial charge >= 0.3 is 12.1 Å². The number of aromatic nitrogens is 2. The van der Waals surface area contributed by atoms with Gasteiger partial charge < -0.3 is 9.64 Å². The van der Waals surface area contributed by atoms with Crippen molar-refractivity contribution in [2.45, 2.75) is 25.9 Å². The largest absolute Gasteiger partial charge is 0.466 e. The predicted molar refractivity (Wildman–Crippen MR) is 66.5 cm³/mol. The molecule has 112 valence electrons. The molecule has 0 bridgehead atoms. The lowest BCUT2D eigenvalue weighted by Crippen LogP contribution is -2.39. The number of carbonyl (C=O) groups is 1. The Balaban J connectivity index is 2.05. The van der Waals surface area contributed by atoms with Crippen molar-refractivity contribution < 1.29 is 22.7 Å². The fourth-order valence-corrected chi connectivity index (χ4v) is 2.78. The fourth-order valence-electron chi connectivity index (χ4n) is 2.06. The molecule has 0 saturated carbocycles. The van der Waals surface area contributed by atoms with Crippen molar-refractivity contribution in [2.75, 3.05) is 24.6 Å². The molecule has 1 aromatic heterocycles. The minimum atomic E-state index is -4.54. The Morgan fingerprint density at radius 3 is 2.90 bits per heavy atom. The summed E-state index contributed by atoms with van der Waals surface area (Å²) < 4.78 is 45.7. The number of anilines is 1. The van der Waals surface area contributed by atoms with E-state index >= 15 is 0 Å². The summed E-state index contributed by atoms with van der Waals surface area (Å²) in [5, 5.41) is 0.200. The highest BCUT2D eigenvalue weighted by molar-refractivity contribution is 7.09. The molecule has 1 atom stereocenters. The third kappa shape index (κ3) is 3.38. The quantitative estimate of drug-likeness (QED) is 0.802. The van der Waals surface area contributed by atoms with E-state index in [1.165, 1.54) is 0 Å². The standard InChI is InChI=1S/C11H14F3N3O2S/c1-2-19-8(18)7-4-3-5-17(6-7)10-15-9(16-20-10)11(12,13)14/h7H,2-6H2,1H3. The second kappa shape index (κ2) is 5.94. The van der Waals surface area contributed by atoms with Crippen LogP contribution in [0, 0.1) is 5.92 Å². The molecule has 1 aliphatic rings. The summed E-state index contributed by atoms with van der Waals surface area (Å²) in [4.78, 5) is 16.8. The van der Waals surface area contributed by atoms with Crippen molar-refractivity contribution in [2.24, 2.45) is 5.92 Å². The van der Waals surface area contributed by atoms with Crippen LogP contribution in [0.4, 0.5) is 18.3 Å². The molecule has 0 spiro atoms. The number of ether oxygens (including phenoxy) is 1. The highest BCUT2D eigenvalue weighted by Crippen LogP contribution is 2.32. The van der Waals surface area contributed by atoms with Gasteiger partial charge in [0.05, 0.1) is 12.5 Å². The summed E-state index contributed by atoms with van der Waals surface area (Å²) in [6.45, 7) is 2.92. The maximum absolute atomic E-state index is 12.5. The fraction of sp³-hybridized carbons (Fsp3) is 0.727. The molecule has 1 aromatic rings. The van der Waals surface area contributed by atoms with Crippen molar-refractivity contribution in [1.29, 1.82) is 0 Å². The van der Waals surface area contributed by atoms with Crippen LogP contribution in [0.3, 0.4) is 0 Å². The van der Waals surface area contributed by atoms with E-state index in [9.17, 15) is 18.0 Å². The molecule has 1 aliphatic heterocycles. The highest BCUT2D eigenvalue weighted by Gasteiger charge is 2.37. The van der Waals surface area contributed by atoms with E-state index in [0.717, 1.165) is 0 Å².